The molecule has 4 aromatic rings. The summed E-state index contributed by atoms with van der Waals surface area (Å²) in [7, 11) is 0. The van der Waals surface area contributed by atoms with Crippen LogP contribution < -0.4 is 0 Å². The van der Waals surface area contributed by atoms with Crippen LogP contribution in [0, 0.1) is 6.92 Å². The maximum Gasteiger partial charge on any atom is 0.159 e. The molecular weight excluding hydrogens is 260 g/mol. The molecule has 4 heteroatoms. The molecule has 0 bridgehead atoms. The summed E-state index contributed by atoms with van der Waals surface area (Å²) in [5.41, 5.74) is 4.28. The predicted octanol–water partition coefficient (Wildman–Crippen LogP) is 3.72. The first-order valence-electron chi connectivity index (χ1n) is 6.86. The Morgan fingerprint density at radius 1 is 1.05 bits per heavy atom. The number of nitrogens with zero attached hydrogens (tertiary/aromatic N) is 3. The van der Waals surface area contributed by atoms with Gasteiger partial charge in [-0.2, -0.15) is 5.10 Å². The van der Waals surface area contributed by atoms with Crippen LogP contribution in [0.5, 0.6) is 0 Å². The number of hydrogen-bond acceptors (Lipinski definition) is 2. The normalized spacial score (nSPS) is 11.1. The number of benzene rings is 2. The van der Waals surface area contributed by atoms with E-state index < -0.39 is 0 Å². The molecule has 0 spiro atoms. The minimum Gasteiger partial charge on any atom is -0.329 e. The number of rotatable bonds is 2. The molecule has 0 atom stereocenters. The van der Waals surface area contributed by atoms with Gasteiger partial charge in [0.25, 0.3) is 0 Å². The number of hydrogen-bond donors (Lipinski definition) is 1. The fourth-order valence-electron chi connectivity index (χ4n) is 2.60. The van der Waals surface area contributed by atoms with Gasteiger partial charge in [-0.3, -0.25) is 0 Å². The minimum absolute atomic E-state index is 0.891. The van der Waals surface area contributed by atoms with Crippen LogP contribution in [-0.4, -0.2) is 19.7 Å². The lowest BCUT2D eigenvalue weighted by molar-refractivity contribution is 0.885. The molecule has 21 heavy (non-hydrogen) atoms. The van der Waals surface area contributed by atoms with Gasteiger partial charge in [0.2, 0.25) is 0 Å². The Hall–Kier alpha value is -2.88. The molecule has 0 aliphatic rings. The Morgan fingerprint density at radius 2 is 1.95 bits per heavy atom. The molecule has 4 rings (SSSR count). The average Bonchev–Trinajstić information content (AvgIpc) is 3.13. The Bertz CT molecular complexity index is 917. The third-order valence-corrected chi connectivity index (χ3v) is 3.60. The molecule has 2 heterocycles. The first kappa shape index (κ1) is 11.9. The second kappa shape index (κ2) is 4.59. The molecule has 0 fully saturated rings. The van der Waals surface area contributed by atoms with Crippen molar-refractivity contribution in [3.63, 3.8) is 0 Å². The van der Waals surface area contributed by atoms with Crippen molar-refractivity contribution >= 4 is 10.9 Å². The Labute approximate surface area is 122 Å². The molecule has 0 saturated carbocycles. The van der Waals surface area contributed by atoms with E-state index in [-0.39, 0.29) is 0 Å². The number of aromatic nitrogens is 4. The van der Waals surface area contributed by atoms with Gasteiger partial charge >= 0.3 is 0 Å². The fourth-order valence-corrected chi connectivity index (χ4v) is 2.60. The SMILES string of the molecule is Cc1cccc(-c2nc[nH]c2-n2ncc3ccccc32)c1. The van der Waals surface area contributed by atoms with E-state index >= 15 is 0 Å². The molecule has 2 aromatic heterocycles. The number of aromatic amines is 1. The molecule has 0 amide bonds. The van der Waals surface area contributed by atoms with Crippen LogP contribution in [0.4, 0.5) is 0 Å². The summed E-state index contributed by atoms with van der Waals surface area (Å²) in [5, 5.41) is 5.61. The second-order valence-electron chi connectivity index (χ2n) is 5.08. The maximum atomic E-state index is 4.49. The number of para-hydroxylation sites is 1. The highest BCUT2D eigenvalue weighted by Gasteiger charge is 2.13. The number of nitrogens with one attached hydrogen (secondary N) is 1. The Kier molecular flexibility index (Phi) is 2.60. The zero-order valence-electron chi connectivity index (χ0n) is 11.6. The van der Waals surface area contributed by atoms with Crippen LogP contribution >= 0.6 is 0 Å². The second-order valence-corrected chi connectivity index (χ2v) is 5.08. The summed E-state index contributed by atoms with van der Waals surface area (Å²) in [6.07, 6.45) is 3.58. The van der Waals surface area contributed by atoms with Crippen molar-refractivity contribution in [1.82, 2.24) is 19.7 Å². The van der Waals surface area contributed by atoms with Crippen LogP contribution in [0.15, 0.2) is 61.1 Å². The van der Waals surface area contributed by atoms with Gasteiger partial charge < -0.3 is 4.98 Å². The Morgan fingerprint density at radius 3 is 2.86 bits per heavy atom. The van der Waals surface area contributed by atoms with Crippen molar-refractivity contribution in [2.45, 2.75) is 6.92 Å². The third kappa shape index (κ3) is 1.92. The fraction of sp³-hybridized carbons (Fsp3) is 0.0588. The monoisotopic (exact) mass is 274 g/mol. The van der Waals surface area contributed by atoms with E-state index in [9.17, 15) is 0 Å². The van der Waals surface area contributed by atoms with Crippen LogP contribution in [0.2, 0.25) is 0 Å². The molecule has 102 valence electrons. The highest BCUT2D eigenvalue weighted by Crippen LogP contribution is 2.26. The molecule has 2 aromatic carbocycles. The summed E-state index contributed by atoms with van der Waals surface area (Å²) in [5.74, 6) is 0.891. The lowest BCUT2D eigenvalue weighted by atomic mass is 10.1. The average molecular weight is 274 g/mol. The lowest BCUT2D eigenvalue weighted by Crippen LogP contribution is -1.98. The minimum atomic E-state index is 0.891. The van der Waals surface area contributed by atoms with Gasteiger partial charge in [-0.15, -0.1) is 0 Å². The number of fused-ring (bicyclic) bond motifs is 1. The van der Waals surface area contributed by atoms with E-state index in [0.717, 1.165) is 28.0 Å². The van der Waals surface area contributed by atoms with Gasteiger partial charge in [0.1, 0.15) is 5.69 Å². The highest BCUT2D eigenvalue weighted by molar-refractivity contribution is 5.81. The van der Waals surface area contributed by atoms with Gasteiger partial charge in [0.15, 0.2) is 5.82 Å². The van der Waals surface area contributed by atoms with Crippen LogP contribution in [0.1, 0.15) is 5.56 Å². The van der Waals surface area contributed by atoms with E-state index in [2.05, 4.69) is 52.3 Å². The molecular formula is C17H14N4. The zero-order valence-corrected chi connectivity index (χ0v) is 11.6. The lowest BCUT2D eigenvalue weighted by Gasteiger charge is -2.05. The summed E-state index contributed by atoms with van der Waals surface area (Å²) in [6, 6.07) is 16.5. The summed E-state index contributed by atoms with van der Waals surface area (Å²) in [4.78, 5) is 7.68. The summed E-state index contributed by atoms with van der Waals surface area (Å²) < 4.78 is 1.90. The zero-order chi connectivity index (χ0) is 14.2. The summed E-state index contributed by atoms with van der Waals surface area (Å²) in [6.45, 7) is 2.08. The topological polar surface area (TPSA) is 46.5 Å². The maximum absolute atomic E-state index is 4.49. The third-order valence-electron chi connectivity index (χ3n) is 3.60. The number of H-pyrrole nitrogens is 1. The first-order valence-corrected chi connectivity index (χ1v) is 6.86. The molecule has 0 saturated heterocycles. The van der Waals surface area contributed by atoms with Gasteiger partial charge in [-0.1, -0.05) is 42.0 Å². The van der Waals surface area contributed by atoms with Crippen molar-refractivity contribution in [1.29, 1.82) is 0 Å². The van der Waals surface area contributed by atoms with E-state index in [0.29, 0.717) is 0 Å². The molecule has 0 unspecified atom stereocenters. The van der Waals surface area contributed by atoms with Gasteiger partial charge in [-0.05, 0) is 19.1 Å². The number of aryl methyl sites for hydroxylation is 1. The van der Waals surface area contributed by atoms with E-state index in [1.165, 1.54) is 5.56 Å². The van der Waals surface area contributed by atoms with Crippen LogP contribution in [0.3, 0.4) is 0 Å². The highest BCUT2D eigenvalue weighted by atomic mass is 15.3. The van der Waals surface area contributed by atoms with Gasteiger partial charge in [0.05, 0.1) is 18.0 Å². The molecule has 0 aliphatic heterocycles. The smallest absolute Gasteiger partial charge is 0.159 e. The Balaban J connectivity index is 1.93. The van der Waals surface area contributed by atoms with E-state index in [4.69, 9.17) is 0 Å². The van der Waals surface area contributed by atoms with E-state index in [1.54, 1.807) is 6.33 Å². The molecule has 4 nitrogen and oxygen atoms in total. The standard InChI is InChI=1S/C17H14N4/c1-12-5-4-7-13(9-12)16-17(19-11-18-16)21-15-8-3-2-6-14(15)10-20-21/h2-11H,1H3,(H,18,19). The van der Waals surface area contributed by atoms with Gasteiger partial charge in [-0.25, -0.2) is 9.67 Å². The van der Waals surface area contributed by atoms with Crippen molar-refractivity contribution in [3.8, 4) is 17.1 Å². The predicted molar refractivity (Wildman–Crippen MR) is 83.4 cm³/mol. The largest absolute Gasteiger partial charge is 0.329 e. The van der Waals surface area contributed by atoms with Crippen LogP contribution in [0.25, 0.3) is 28.0 Å². The molecule has 0 radical (unpaired) electrons. The van der Waals surface area contributed by atoms with E-state index in [1.807, 2.05) is 29.1 Å². The molecule has 0 aliphatic carbocycles. The van der Waals surface area contributed by atoms with Gasteiger partial charge in [0, 0.05) is 10.9 Å². The number of imidazole rings is 1. The quantitative estimate of drug-likeness (QED) is 0.605. The first-order chi connectivity index (χ1) is 10.3. The van der Waals surface area contributed by atoms with Crippen molar-refractivity contribution < 1.29 is 0 Å². The molecule has 1 N–H and O–H groups in total. The van der Waals surface area contributed by atoms with Crippen molar-refractivity contribution in [2.24, 2.45) is 0 Å². The summed E-state index contributed by atoms with van der Waals surface area (Å²) >= 11 is 0. The van der Waals surface area contributed by atoms with Crippen molar-refractivity contribution in [2.75, 3.05) is 0 Å². The van der Waals surface area contributed by atoms with Crippen molar-refractivity contribution in [3.05, 3.63) is 66.6 Å². The van der Waals surface area contributed by atoms with Crippen LogP contribution in [-0.2, 0) is 0 Å².